The van der Waals surface area contributed by atoms with Crippen molar-refractivity contribution in [2.24, 2.45) is 15.7 Å². The minimum atomic E-state index is -0.217. The van der Waals surface area contributed by atoms with E-state index >= 15 is 0 Å². The van der Waals surface area contributed by atoms with Crippen molar-refractivity contribution >= 4 is 11.4 Å². The normalized spacial score (nSPS) is 16.8. The van der Waals surface area contributed by atoms with Gasteiger partial charge in [-0.1, -0.05) is 61.1 Å². The smallest absolute Gasteiger partial charge is 0.125 e. The van der Waals surface area contributed by atoms with Crippen molar-refractivity contribution in [2.75, 3.05) is 13.2 Å². The van der Waals surface area contributed by atoms with Crippen LogP contribution in [0.25, 0.3) is 0 Å². The van der Waals surface area contributed by atoms with Crippen molar-refractivity contribution in [2.45, 2.75) is 53.9 Å². The van der Waals surface area contributed by atoms with E-state index in [2.05, 4.69) is 47.9 Å². The molecule has 156 valence electrons. The van der Waals surface area contributed by atoms with E-state index in [1.54, 1.807) is 6.08 Å². The summed E-state index contributed by atoms with van der Waals surface area (Å²) in [5.41, 5.74) is 5.85. The molecule has 0 aliphatic heterocycles. The molecule has 2 rings (SSSR count). The van der Waals surface area contributed by atoms with Gasteiger partial charge in [-0.25, -0.2) is 0 Å². The van der Waals surface area contributed by atoms with Crippen LogP contribution in [0, 0.1) is 12.3 Å². The predicted molar refractivity (Wildman–Crippen MR) is 120 cm³/mol. The van der Waals surface area contributed by atoms with Crippen LogP contribution < -0.4 is 0 Å². The second-order valence-corrected chi connectivity index (χ2v) is 8.21. The molecule has 1 aromatic rings. The Balaban J connectivity index is 1.89. The number of pyridine rings is 1. The summed E-state index contributed by atoms with van der Waals surface area (Å²) in [7, 11) is 0. The van der Waals surface area contributed by atoms with Crippen LogP contribution in [-0.2, 0) is 16.1 Å². The highest BCUT2D eigenvalue weighted by molar-refractivity contribution is 6.00. The van der Waals surface area contributed by atoms with Gasteiger partial charge in [-0.2, -0.15) is 0 Å². The average molecular weight is 396 g/mol. The van der Waals surface area contributed by atoms with E-state index in [1.807, 2.05) is 39.0 Å². The standard InChI is InChI=1S/C24H33N3O2/c1-7-8-9-11-18(2)20(4)26-28-16-24(5,6)17-29-27-22-13-10-12-21-15-14-19(3)25-23(21)22/h7-9,11,14-15H,1,10,12-13,16-17H2,2-6H3/b9-8-,18-11+,26-20+,27-22+. The number of allylic oxidation sites excluding steroid dienone is 5. The van der Waals surface area contributed by atoms with Gasteiger partial charge in [0.25, 0.3) is 0 Å². The van der Waals surface area contributed by atoms with Gasteiger partial charge in [0.2, 0.25) is 0 Å². The van der Waals surface area contributed by atoms with Crippen molar-refractivity contribution in [3.63, 3.8) is 0 Å². The summed E-state index contributed by atoms with van der Waals surface area (Å²) in [6, 6.07) is 4.20. The number of hydrogen-bond donors (Lipinski definition) is 0. The van der Waals surface area contributed by atoms with Crippen LogP contribution in [0.1, 0.15) is 57.5 Å². The Morgan fingerprint density at radius 2 is 1.93 bits per heavy atom. The van der Waals surface area contributed by atoms with Crippen LogP contribution in [-0.4, -0.2) is 29.6 Å². The molecule has 0 saturated carbocycles. The van der Waals surface area contributed by atoms with E-state index in [4.69, 9.17) is 9.68 Å². The average Bonchev–Trinajstić information content (AvgIpc) is 2.68. The molecule has 5 heteroatoms. The summed E-state index contributed by atoms with van der Waals surface area (Å²) in [4.78, 5) is 15.9. The topological polar surface area (TPSA) is 56.1 Å². The van der Waals surface area contributed by atoms with Gasteiger partial charge >= 0.3 is 0 Å². The van der Waals surface area contributed by atoms with Gasteiger partial charge in [-0.3, -0.25) is 4.98 Å². The lowest BCUT2D eigenvalue weighted by Gasteiger charge is -2.22. The predicted octanol–water partition coefficient (Wildman–Crippen LogP) is 5.55. The molecule has 29 heavy (non-hydrogen) atoms. The molecule has 0 radical (unpaired) electrons. The first-order valence-corrected chi connectivity index (χ1v) is 10.1. The third kappa shape index (κ3) is 7.33. The number of nitrogens with zero attached hydrogens (tertiary/aromatic N) is 3. The lowest BCUT2D eigenvalue weighted by molar-refractivity contribution is -0.000158. The van der Waals surface area contributed by atoms with Crippen LogP contribution in [0.4, 0.5) is 0 Å². The van der Waals surface area contributed by atoms with Gasteiger partial charge < -0.3 is 9.68 Å². The number of fused-ring (bicyclic) bond motifs is 1. The molecule has 0 unspecified atom stereocenters. The molecule has 1 aliphatic rings. The number of aryl methyl sites for hydroxylation is 2. The lowest BCUT2D eigenvalue weighted by atomic mass is 9.94. The quantitative estimate of drug-likeness (QED) is 0.313. The highest BCUT2D eigenvalue weighted by atomic mass is 16.6. The lowest BCUT2D eigenvalue weighted by Crippen LogP contribution is -2.24. The van der Waals surface area contributed by atoms with E-state index in [0.29, 0.717) is 13.2 Å². The third-order valence-corrected chi connectivity index (χ3v) is 4.70. The van der Waals surface area contributed by atoms with E-state index in [0.717, 1.165) is 47.6 Å². The molecule has 0 saturated heterocycles. The zero-order valence-electron chi connectivity index (χ0n) is 18.4. The number of rotatable bonds is 9. The molecular weight excluding hydrogens is 362 g/mol. The van der Waals surface area contributed by atoms with Gasteiger partial charge in [0.05, 0.1) is 11.4 Å². The Labute approximate surface area is 174 Å². The molecule has 1 aliphatic carbocycles. The van der Waals surface area contributed by atoms with E-state index in [-0.39, 0.29) is 5.41 Å². The van der Waals surface area contributed by atoms with E-state index in [9.17, 15) is 0 Å². The largest absolute Gasteiger partial charge is 0.395 e. The summed E-state index contributed by atoms with van der Waals surface area (Å²) < 4.78 is 0. The highest BCUT2D eigenvalue weighted by Crippen LogP contribution is 2.22. The van der Waals surface area contributed by atoms with Crippen molar-refractivity contribution in [1.29, 1.82) is 0 Å². The first-order chi connectivity index (χ1) is 13.8. The summed E-state index contributed by atoms with van der Waals surface area (Å²) in [5.74, 6) is 0. The summed E-state index contributed by atoms with van der Waals surface area (Å²) in [6.07, 6.45) is 10.5. The van der Waals surface area contributed by atoms with E-state index < -0.39 is 0 Å². The van der Waals surface area contributed by atoms with Crippen molar-refractivity contribution in [1.82, 2.24) is 4.98 Å². The molecular formula is C24H33N3O2. The summed E-state index contributed by atoms with van der Waals surface area (Å²) >= 11 is 0. The van der Waals surface area contributed by atoms with Crippen molar-refractivity contribution in [3.05, 3.63) is 65.5 Å². The Kier molecular flexibility index (Phi) is 8.37. The molecule has 0 bridgehead atoms. The van der Waals surface area contributed by atoms with Crippen molar-refractivity contribution < 1.29 is 9.68 Å². The molecule has 0 N–H and O–H groups in total. The van der Waals surface area contributed by atoms with Crippen LogP contribution >= 0.6 is 0 Å². The Morgan fingerprint density at radius 3 is 2.69 bits per heavy atom. The first kappa shape index (κ1) is 22.6. The fraction of sp³-hybridized carbons (Fsp3) is 0.458. The van der Waals surface area contributed by atoms with Crippen LogP contribution in [0.3, 0.4) is 0 Å². The number of aromatic nitrogens is 1. The van der Waals surface area contributed by atoms with Crippen molar-refractivity contribution in [3.8, 4) is 0 Å². The molecule has 1 heterocycles. The van der Waals surface area contributed by atoms with Gasteiger partial charge in [0.1, 0.15) is 18.9 Å². The molecule has 0 fully saturated rings. The maximum absolute atomic E-state index is 5.69. The Hall–Kier alpha value is -2.69. The second-order valence-electron chi connectivity index (χ2n) is 8.21. The second kappa shape index (κ2) is 10.7. The number of oxime groups is 2. The van der Waals surface area contributed by atoms with Crippen LogP contribution in [0.5, 0.6) is 0 Å². The molecule has 0 aromatic carbocycles. The van der Waals surface area contributed by atoms with Crippen LogP contribution in [0.15, 0.2) is 58.9 Å². The fourth-order valence-electron chi connectivity index (χ4n) is 2.79. The minimum Gasteiger partial charge on any atom is -0.395 e. The summed E-state index contributed by atoms with van der Waals surface area (Å²) in [5, 5.41) is 8.61. The van der Waals surface area contributed by atoms with Gasteiger partial charge in [0.15, 0.2) is 0 Å². The SMILES string of the molecule is C=C\C=C/C=C(C)/C(C)=N/OCC(C)(C)CO/N=C1\CCCc2ccc(C)nc21. The Morgan fingerprint density at radius 1 is 1.17 bits per heavy atom. The summed E-state index contributed by atoms with van der Waals surface area (Å²) in [6.45, 7) is 14.6. The minimum absolute atomic E-state index is 0.217. The molecule has 0 spiro atoms. The molecule has 0 atom stereocenters. The monoisotopic (exact) mass is 395 g/mol. The number of hydrogen-bond acceptors (Lipinski definition) is 5. The Bertz CT molecular complexity index is 833. The zero-order valence-corrected chi connectivity index (χ0v) is 18.4. The van der Waals surface area contributed by atoms with Gasteiger partial charge in [-0.05, 0) is 57.2 Å². The molecule has 0 amide bonds. The van der Waals surface area contributed by atoms with Gasteiger partial charge in [-0.15, -0.1) is 0 Å². The maximum Gasteiger partial charge on any atom is 0.125 e. The zero-order chi connectivity index (χ0) is 21.3. The fourth-order valence-corrected chi connectivity index (χ4v) is 2.79. The molecule has 1 aromatic heterocycles. The first-order valence-electron chi connectivity index (χ1n) is 10.1. The maximum atomic E-state index is 5.69. The molecule has 5 nitrogen and oxygen atoms in total. The highest BCUT2D eigenvalue weighted by Gasteiger charge is 2.22. The van der Waals surface area contributed by atoms with Gasteiger partial charge in [0, 0.05) is 11.1 Å². The van der Waals surface area contributed by atoms with Crippen LogP contribution in [0.2, 0.25) is 0 Å². The third-order valence-electron chi connectivity index (χ3n) is 4.70. The van der Waals surface area contributed by atoms with E-state index in [1.165, 1.54) is 5.56 Å².